The van der Waals surface area contributed by atoms with E-state index in [1.807, 2.05) is 18.2 Å². The van der Waals surface area contributed by atoms with Crippen molar-refractivity contribution in [2.45, 2.75) is 4.90 Å². The molecule has 2 aliphatic rings. The Labute approximate surface area is 201 Å². The van der Waals surface area contributed by atoms with Gasteiger partial charge in [-0.25, -0.2) is 8.42 Å². The average Bonchev–Trinajstić information content (AvgIpc) is 2.81. The standard InChI is InChI=1S/C23H19Cl2N3O4S/c24-18-8-7-17(14-19(18)25)33(30,31)26-16-4-1-3-15(13-16)23(29)28-10-9-27-11-12-32-21-6-2-5-20(28)22(21)27/h1-8,13-14,26H,9-12H2. The summed E-state index contributed by atoms with van der Waals surface area (Å²) in [5, 5.41) is 0.398. The highest BCUT2D eigenvalue weighted by atomic mass is 35.5. The quantitative estimate of drug-likeness (QED) is 0.560. The van der Waals surface area contributed by atoms with Crippen molar-refractivity contribution in [3.05, 3.63) is 76.3 Å². The van der Waals surface area contributed by atoms with Crippen LogP contribution in [-0.2, 0) is 10.0 Å². The smallest absolute Gasteiger partial charge is 0.261 e. The first-order chi connectivity index (χ1) is 15.8. The highest BCUT2D eigenvalue weighted by molar-refractivity contribution is 7.92. The van der Waals surface area contributed by atoms with Crippen LogP contribution in [0, 0.1) is 0 Å². The molecule has 0 saturated carbocycles. The third kappa shape index (κ3) is 4.10. The summed E-state index contributed by atoms with van der Waals surface area (Å²) in [6.45, 7) is 2.61. The zero-order chi connectivity index (χ0) is 23.2. The van der Waals surface area contributed by atoms with Crippen LogP contribution in [0.1, 0.15) is 10.4 Å². The fourth-order valence-corrected chi connectivity index (χ4v) is 5.48. The number of amides is 1. The lowest BCUT2D eigenvalue weighted by Crippen LogP contribution is -2.47. The molecule has 1 N–H and O–H groups in total. The molecule has 2 heterocycles. The number of sulfonamides is 1. The number of para-hydroxylation sites is 1. The van der Waals surface area contributed by atoms with Crippen LogP contribution in [-0.4, -0.2) is 40.6 Å². The van der Waals surface area contributed by atoms with Crippen molar-refractivity contribution < 1.29 is 17.9 Å². The second-order valence-corrected chi connectivity index (χ2v) is 10.2. The van der Waals surface area contributed by atoms with Crippen LogP contribution in [0.25, 0.3) is 0 Å². The summed E-state index contributed by atoms with van der Waals surface area (Å²) < 4.78 is 33.9. The number of carbonyl (C=O) groups excluding carboxylic acids is 1. The molecule has 3 aromatic carbocycles. The molecule has 1 amide bonds. The van der Waals surface area contributed by atoms with Crippen LogP contribution in [0.3, 0.4) is 0 Å². The van der Waals surface area contributed by atoms with Gasteiger partial charge in [-0.05, 0) is 48.5 Å². The second kappa shape index (κ2) is 8.44. The molecule has 33 heavy (non-hydrogen) atoms. The molecular formula is C23H19Cl2N3O4S. The maximum atomic E-state index is 13.4. The fraction of sp³-hybridized carbons (Fsp3) is 0.174. The summed E-state index contributed by atoms with van der Waals surface area (Å²) in [5.41, 5.74) is 2.33. The number of carbonyl (C=O) groups is 1. The van der Waals surface area contributed by atoms with Crippen LogP contribution >= 0.6 is 23.2 Å². The largest absolute Gasteiger partial charge is 0.489 e. The van der Waals surface area contributed by atoms with Crippen LogP contribution in [0.15, 0.2) is 65.6 Å². The zero-order valence-corrected chi connectivity index (χ0v) is 19.6. The van der Waals surface area contributed by atoms with Crippen molar-refractivity contribution in [1.29, 1.82) is 0 Å². The molecule has 0 aliphatic carbocycles. The summed E-state index contributed by atoms with van der Waals surface area (Å²) >= 11 is 11.9. The van der Waals surface area contributed by atoms with Crippen LogP contribution in [0.2, 0.25) is 10.0 Å². The number of hydrogen-bond donors (Lipinski definition) is 1. The number of nitrogens with zero attached hydrogens (tertiary/aromatic N) is 2. The van der Waals surface area contributed by atoms with E-state index in [1.165, 1.54) is 24.3 Å². The number of hydrogen-bond acceptors (Lipinski definition) is 5. The van der Waals surface area contributed by atoms with Crippen LogP contribution in [0.4, 0.5) is 17.1 Å². The number of rotatable bonds is 4. The van der Waals surface area contributed by atoms with Crippen molar-refractivity contribution in [1.82, 2.24) is 0 Å². The first-order valence-electron chi connectivity index (χ1n) is 10.2. The molecule has 0 unspecified atom stereocenters. The van der Waals surface area contributed by atoms with E-state index in [0.29, 0.717) is 25.3 Å². The van der Waals surface area contributed by atoms with Gasteiger partial charge in [-0.1, -0.05) is 35.3 Å². The van der Waals surface area contributed by atoms with Gasteiger partial charge < -0.3 is 14.5 Å². The second-order valence-electron chi connectivity index (χ2n) is 7.68. The predicted octanol–water partition coefficient (Wildman–Crippen LogP) is 4.65. The van der Waals surface area contributed by atoms with Crippen molar-refractivity contribution in [2.24, 2.45) is 0 Å². The van der Waals surface area contributed by atoms with Gasteiger partial charge in [0.25, 0.3) is 15.9 Å². The molecule has 0 bridgehead atoms. The van der Waals surface area contributed by atoms with E-state index in [2.05, 4.69) is 9.62 Å². The molecule has 7 nitrogen and oxygen atoms in total. The van der Waals surface area contributed by atoms with Gasteiger partial charge in [-0.15, -0.1) is 0 Å². The summed E-state index contributed by atoms with van der Waals surface area (Å²) in [5.74, 6) is 0.545. The number of ether oxygens (including phenoxy) is 1. The number of anilines is 3. The van der Waals surface area contributed by atoms with Gasteiger partial charge in [0.1, 0.15) is 18.0 Å². The summed E-state index contributed by atoms with van der Waals surface area (Å²) in [6.07, 6.45) is 0. The number of nitrogens with one attached hydrogen (secondary N) is 1. The lowest BCUT2D eigenvalue weighted by Gasteiger charge is -2.41. The average molecular weight is 504 g/mol. The summed E-state index contributed by atoms with van der Waals surface area (Å²) in [7, 11) is -3.92. The van der Waals surface area contributed by atoms with Gasteiger partial charge in [-0.3, -0.25) is 9.52 Å². The monoisotopic (exact) mass is 503 g/mol. The van der Waals surface area contributed by atoms with Crippen molar-refractivity contribution >= 4 is 56.2 Å². The molecule has 3 aromatic rings. The fourth-order valence-electron chi connectivity index (χ4n) is 4.05. The Bertz CT molecular complexity index is 1360. The van der Waals surface area contributed by atoms with E-state index in [9.17, 15) is 13.2 Å². The molecule has 0 radical (unpaired) electrons. The third-order valence-electron chi connectivity index (χ3n) is 5.61. The van der Waals surface area contributed by atoms with E-state index in [-0.39, 0.29) is 26.5 Å². The van der Waals surface area contributed by atoms with E-state index in [1.54, 1.807) is 23.1 Å². The molecule has 0 saturated heterocycles. The Hall–Kier alpha value is -2.94. The lowest BCUT2D eigenvalue weighted by molar-refractivity contribution is 0.0986. The minimum atomic E-state index is -3.92. The zero-order valence-electron chi connectivity index (χ0n) is 17.3. The highest BCUT2D eigenvalue weighted by Gasteiger charge is 2.32. The van der Waals surface area contributed by atoms with Gasteiger partial charge in [-0.2, -0.15) is 0 Å². The molecule has 0 atom stereocenters. The minimum absolute atomic E-state index is 0.0272. The topological polar surface area (TPSA) is 79.0 Å². The number of benzene rings is 3. The Morgan fingerprint density at radius 2 is 1.76 bits per heavy atom. The van der Waals surface area contributed by atoms with Gasteiger partial charge in [0.05, 0.1) is 27.2 Å². The van der Waals surface area contributed by atoms with Crippen molar-refractivity contribution in [3.63, 3.8) is 0 Å². The third-order valence-corrected chi connectivity index (χ3v) is 7.72. The molecule has 0 fully saturated rings. The maximum Gasteiger partial charge on any atom is 0.261 e. The maximum absolute atomic E-state index is 13.4. The molecule has 0 spiro atoms. The molecule has 5 rings (SSSR count). The Morgan fingerprint density at radius 3 is 2.58 bits per heavy atom. The first-order valence-corrected chi connectivity index (χ1v) is 12.5. The summed E-state index contributed by atoms with van der Waals surface area (Å²) in [4.78, 5) is 17.3. The van der Waals surface area contributed by atoms with Gasteiger partial charge in [0, 0.05) is 24.3 Å². The highest BCUT2D eigenvalue weighted by Crippen LogP contribution is 2.43. The Balaban J connectivity index is 1.43. The van der Waals surface area contributed by atoms with Gasteiger partial charge >= 0.3 is 0 Å². The van der Waals surface area contributed by atoms with Crippen molar-refractivity contribution in [2.75, 3.05) is 40.8 Å². The predicted molar refractivity (Wildman–Crippen MR) is 130 cm³/mol. The van der Waals surface area contributed by atoms with Crippen LogP contribution in [0.5, 0.6) is 5.75 Å². The lowest BCUT2D eigenvalue weighted by atomic mass is 10.1. The minimum Gasteiger partial charge on any atom is -0.489 e. The first kappa shape index (κ1) is 21.9. The van der Waals surface area contributed by atoms with E-state index in [0.717, 1.165) is 23.7 Å². The Morgan fingerprint density at radius 1 is 0.939 bits per heavy atom. The molecule has 0 aromatic heterocycles. The van der Waals surface area contributed by atoms with E-state index >= 15 is 0 Å². The van der Waals surface area contributed by atoms with E-state index in [4.69, 9.17) is 27.9 Å². The molecular weight excluding hydrogens is 485 g/mol. The van der Waals surface area contributed by atoms with Gasteiger partial charge in [0.2, 0.25) is 0 Å². The molecule has 10 heteroatoms. The van der Waals surface area contributed by atoms with Gasteiger partial charge in [0.15, 0.2) is 0 Å². The summed E-state index contributed by atoms with van der Waals surface area (Å²) in [6, 6.07) is 16.1. The molecule has 2 aliphatic heterocycles. The van der Waals surface area contributed by atoms with Crippen LogP contribution < -0.4 is 19.3 Å². The SMILES string of the molecule is O=C(c1cccc(NS(=O)(=O)c2ccc(Cl)c(Cl)c2)c1)N1CCN2CCOc3cccc1c32. The molecule has 170 valence electrons. The van der Waals surface area contributed by atoms with E-state index < -0.39 is 10.0 Å². The van der Waals surface area contributed by atoms with Crippen molar-refractivity contribution in [3.8, 4) is 5.75 Å². The Kier molecular flexibility index (Phi) is 5.60. The number of halogens is 2. The normalized spacial score (nSPS) is 15.0.